The van der Waals surface area contributed by atoms with Crippen molar-refractivity contribution in [2.24, 2.45) is 0 Å². The van der Waals surface area contributed by atoms with Gasteiger partial charge in [-0.05, 0) is 43.3 Å². The van der Waals surface area contributed by atoms with Gasteiger partial charge in [-0.25, -0.2) is 17.8 Å². The number of pyridine rings is 1. The highest BCUT2D eigenvalue weighted by molar-refractivity contribution is 7.92. The Morgan fingerprint density at radius 2 is 1.81 bits per heavy atom. The molecule has 0 saturated heterocycles. The van der Waals surface area contributed by atoms with Crippen LogP contribution in [-0.2, 0) is 10.0 Å². The van der Waals surface area contributed by atoms with Crippen molar-refractivity contribution in [3.05, 3.63) is 60.3 Å². The molecule has 0 bridgehead atoms. The van der Waals surface area contributed by atoms with Gasteiger partial charge in [-0.2, -0.15) is 0 Å². The summed E-state index contributed by atoms with van der Waals surface area (Å²) in [6, 6.07) is 8.00. The molecule has 0 atom stereocenters. The quantitative estimate of drug-likeness (QED) is 0.809. The van der Waals surface area contributed by atoms with E-state index in [9.17, 15) is 12.8 Å². The fourth-order valence-electron chi connectivity index (χ4n) is 2.01. The first kappa shape index (κ1) is 13.6. The molecule has 0 saturated carbocycles. The zero-order valence-electron chi connectivity index (χ0n) is 11.1. The fraction of sp³-hybridized carbons (Fsp3) is 0.0714. The summed E-state index contributed by atoms with van der Waals surface area (Å²) in [6.45, 7) is 1.86. The van der Waals surface area contributed by atoms with E-state index in [1.165, 1.54) is 12.1 Å². The van der Waals surface area contributed by atoms with E-state index in [0.717, 1.165) is 23.5 Å². The van der Waals surface area contributed by atoms with Crippen molar-refractivity contribution < 1.29 is 12.8 Å². The van der Waals surface area contributed by atoms with Crippen molar-refractivity contribution in [3.63, 3.8) is 0 Å². The molecule has 108 valence electrons. The predicted octanol–water partition coefficient (Wildman–Crippen LogP) is 2.58. The SMILES string of the molecule is Cc1cn2cc(NS(=O)(=O)c3ccc(F)cc3)ccc2n1. The molecule has 1 N–H and O–H groups in total. The van der Waals surface area contributed by atoms with Gasteiger partial charge in [-0.1, -0.05) is 0 Å². The lowest BCUT2D eigenvalue weighted by atomic mass is 10.4. The highest BCUT2D eigenvalue weighted by atomic mass is 32.2. The van der Waals surface area contributed by atoms with Gasteiger partial charge in [0.05, 0.1) is 16.3 Å². The summed E-state index contributed by atoms with van der Waals surface area (Å²) in [5.41, 5.74) is 1.98. The van der Waals surface area contributed by atoms with Crippen LogP contribution in [0, 0.1) is 12.7 Å². The molecular weight excluding hydrogens is 293 g/mol. The average Bonchev–Trinajstić information content (AvgIpc) is 2.78. The number of aryl methyl sites for hydroxylation is 1. The standard InChI is InChI=1S/C14H12FN3O2S/c1-10-8-18-9-12(4-7-14(18)16-10)17-21(19,20)13-5-2-11(15)3-6-13/h2-9,17H,1H3. The van der Waals surface area contributed by atoms with E-state index in [1.807, 2.05) is 6.92 Å². The number of rotatable bonds is 3. The number of hydrogen-bond donors (Lipinski definition) is 1. The van der Waals surface area contributed by atoms with E-state index in [1.54, 1.807) is 28.9 Å². The minimum atomic E-state index is -3.74. The lowest BCUT2D eigenvalue weighted by molar-refractivity contribution is 0.599. The Balaban J connectivity index is 1.94. The number of nitrogens with zero attached hydrogens (tertiary/aromatic N) is 2. The molecule has 1 aromatic carbocycles. The maximum absolute atomic E-state index is 12.9. The highest BCUT2D eigenvalue weighted by Crippen LogP contribution is 2.17. The van der Waals surface area contributed by atoms with Gasteiger partial charge >= 0.3 is 0 Å². The number of benzene rings is 1. The van der Waals surface area contributed by atoms with Crippen LogP contribution in [0.4, 0.5) is 10.1 Å². The summed E-state index contributed by atoms with van der Waals surface area (Å²) in [4.78, 5) is 4.27. The second-order valence-corrected chi connectivity index (χ2v) is 6.31. The molecular formula is C14H12FN3O2S. The van der Waals surface area contributed by atoms with Gasteiger partial charge in [-0.3, -0.25) is 4.72 Å². The number of sulfonamides is 1. The number of nitrogens with one attached hydrogen (secondary N) is 1. The first-order valence-corrected chi connectivity index (χ1v) is 7.66. The molecule has 2 heterocycles. The van der Waals surface area contributed by atoms with E-state index in [-0.39, 0.29) is 4.90 Å². The molecule has 7 heteroatoms. The van der Waals surface area contributed by atoms with Gasteiger partial charge in [-0.15, -0.1) is 0 Å². The third kappa shape index (κ3) is 2.73. The third-order valence-corrected chi connectivity index (χ3v) is 4.34. The van der Waals surface area contributed by atoms with E-state index in [4.69, 9.17) is 0 Å². The molecule has 21 heavy (non-hydrogen) atoms. The number of halogens is 1. The first-order valence-electron chi connectivity index (χ1n) is 6.18. The minimum Gasteiger partial charge on any atom is -0.305 e. The molecule has 5 nitrogen and oxygen atoms in total. The summed E-state index contributed by atoms with van der Waals surface area (Å²) in [5, 5.41) is 0. The number of hydrogen-bond acceptors (Lipinski definition) is 3. The van der Waals surface area contributed by atoms with Crippen LogP contribution in [0.25, 0.3) is 5.65 Å². The van der Waals surface area contributed by atoms with Gasteiger partial charge in [0.25, 0.3) is 10.0 Å². The second-order valence-electron chi connectivity index (χ2n) is 4.62. The van der Waals surface area contributed by atoms with Crippen molar-refractivity contribution in [1.29, 1.82) is 0 Å². The van der Waals surface area contributed by atoms with Gasteiger partial charge in [0.1, 0.15) is 11.5 Å². The van der Waals surface area contributed by atoms with Crippen LogP contribution in [0.15, 0.2) is 53.7 Å². The van der Waals surface area contributed by atoms with E-state index in [2.05, 4.69) is 9.71 Å². The Morgan fingerprint density at radius 1 is 1.10 bits per heavy atom. The zero-order chi connectivity index (χ0) is 15.0. The summed E-state index contributed by atoms with van der Waals surface area (Å²) in [7, 11) is -3.74. The van der Waals surface area contributed by atoms with Crippen molar-refractivity contribution in [2.75, 3.05) is 4.72 Å². The normalized spacial score (nSPS) is 11.7. The summed E-state index contributed by atoms with van der Waals surface area (Å²) in [5.74, 6) is -0.482. The van der Waals surface area contributed by atoms with Gasteiger partial charge < -0.3 is 4.40 Å². The van der Waals surface area contributed by atoms with Gasteiger partial charge in [0.2, 0.25) is 0 Å². The Bertz CT molecular complexity index is 902. The Morgan fingerprint density at radius 3 is 2.52 bits per heavy atom. The molecule has 0 spiro atoms. The molecule has 3 rings (SSSR count). The van der Waals surface area contributed by atoms with Crippen LogP contribution in [0.1, 0.15) is 5.69 Å². The van der Waals surface area contributed by atoms with Crippen molar-refractivity contribution in [2.45, 2.75) is 11.8 Å². The molecule has 0 unspecified atom stereocenters. The van der Waals surface area contributed by atoms with Crippen molar-refractivity contribution in [1.82, 2.24) is 9.38 Å². The summed E-state index contributed by atoms with van der Waals surface area (Å²) < 4.78 is 41.4. The largest absolute Gasteiger partial charge is 0.305 e. The fourth-order valence-corrected chi connectivity index (χ4v) is 3.05. The summed E-state index contributed by atoms with van der Waals surface area (Å²) >= 11 is 0. The molecule has 0 aliphatic rings. The van der Waals surface area contributed by atoms with Crippen LogP contribution in [0.3, 0.4) is 0 Å². The third-order valence-electron chi connectivity index (χ3n) is 2.95. The minimum absolute atomic E-state index is 0.00538. The molecule has 3 aromatic rings. The van der Waals surface area contributed by atoms with E-state index < -0.39 is 15.8 Å². The maximum Gasteiger partial charge on any atom is 0.261 e. The molecule has 0 radical (unpaired) electrons. The topological polar surface area (TPSA) is 63.5 Å². The molecule has 0 amide bonds. The lowest BCUT2D eigenvalue weighted by Gasteiger charge is -2.08. The Labute approximate surface area is 121 Å². The second kappa shape index (κ2) is 4.85. The monoisotopic (exact) mass is 305 g/mol. The van der Waals surface area contributed by atoms with Gasteiger partial charge in [0.15, 0.2) is 0 Å². The first-order chi connectivity index (χ1) is 9.94. The van der Waals surface area contributed by atoms with Crippen LogP contribution < -0.4 is 4.72 Å². The molecule has 0 fully saturated rings. The van der Waals surface area contributed by atoms with Crippen LogP contribution in [0.2, 0.25) is 0 Å². The Kier molecular flexibility index (Phi) is 3.13. The highest BCUT2D eigenvalue weighted by Gasteiger charge is 2.14. The predicted molar refractivity (Wildman–Crippen MR) is 77.1 cm³/mol. The summed E-state index contributed by atoms with van der Waals surface area (Å²) in [6.07, 6.45) is 3.43. The van der Waals surface area contributed by atoms with Gasteiger partial charge in [0, 0.05) is 12.4 Å². The number of imidazole rings is 1. The molecule has 0 aliphatic carbocycles. The Hall–Kier alpha value is -2.41. The number of fused-ring (bicyclic) bond motifs is 1. The number of aromatic nitrogens is 2. The average molecular weight is 305 g/mol. The van der Waals surface area contributed by atoms with E-state index >= 15 is 0 Å². The maximum atomic E-state index is 12.9. The zero-order valence-corrected chi connectivity index (χ0v) is 11.9. The van der Waals surface area contributed by atoms with Crippen LogP contribution in [-0.4, -0.2) is 17.8 Å². The molecule has 0 aliphatic heterocycles. The smallest absolute Gasteiger partial charge is 0.261 e. The van der Waals surface area contributed by atoms with Crippen LogP contribution >= 0.6 is 0 Å². The van der Waals surface area contributed by atoms with E-state index in [0.29, 0.717) is 5.69 Å². The van der Waals surface area contributed by atoms with Crippen molar-refractivity contribution in [3.8, 4) is 0 Å². The lowest BCUT2D eigenvalue weighted by Crippen LogP contribution is -2.13. The molecule has 2 aromatic heterocycles. The van der Waals surface area contributed by atoms with Crippen molar-refractivity contribution >= 4 is 21.4 Å². The van der Waals surface area contributed by atoms with Crippen LogP contribution in [0.5, 0.6) is 0 Å². The number of anilines is 1.